The molecule has 4 aromatic rings. The molecule has 2 aliphatic heterocycles. The number of hydrogen-bond acceptors (Lipinski definition) is 13. The molecule has 10 atom stereocenters. The summed E-state index contributed by atoms with van der Waals surface area (Å²) in [5.74, 6) is -4.63. The Bertz CT molecular complexity index is 2890. The monoisotopic (exact) mass is 1300 g/mol. The second kappa shape index (κ2) is 41.9. The minimum absolute atomic E-state index is 0.00894. The first-order chi connectivity index (χ1) is 45.4. The molecule has 1 fully saturated rings. The molecular weight excluding hydrogens is 1190 g/mol. The Kier molecular flexibility index (Phi) is 34.0. The molecule has 19 heteroatoms. The number of ether oxygens (including phenoxy) is 2. The van der Waals surface area contributed by atoms with Gasteiger partial charge in [0.15, 0.2) is 12.4 Å². The van der Waals surface area contributed by atoms with E-state index in [9.17, 15) is 54.3 Å². The maximum absolute atomic E-state index is 14.8. The van der Waals surface area contributed by atoms with Gasteiger partial charge >= 0.3 is 5.97 Å². The molecule has 2 aliphatic rings. The number of fused-ring (bicyclic) bond motifs is 1. The zero-order chi connectivity index (χ0) is 67.6. The third-order valence-corrected chi connectivity index (χ3v) is 18.5. The summed E-state index contributed by atoms with van der Waals surface area (Å²) in [6.07, 6.45) is 20.6. The standard InChI is InChI=1S/C75H110N6O13/c1-4-5-6-7-8-9-10-11-12-13-14-15-16-17-18-19-20-21-22-23-24-35-44-93-75-67(85)65(83)66(84)68(94-75)72(89)77-43-34-33-42-61(74(91)92)78-69(86)62(47-54-36-27-25-28-37-54)79-70(87)63(48-55-38-29-26-30-39-55)80-71(88)64-49-56-40-31-32-41-57(56)51-81(64)73(90)60(76)50-59-52(2)45-58(82)46-53(59)3/h25-32,36-41,45-46,60-68,75,82-85H,4-24,33-35,42-44,47-51,76H2,1-3H3,(H,77,89)(H,78,86)(H,79,87)(H,80,88)(H,91,92)/t60-,61-,62-,63-,64-,65-,66-,67+,68-,75+/m0/s1. The quantitative estimate of drug-likeness (QED) is 0.0185. The molecule has 11 N–H and O–H groups in total. The lowest BCUT2D eigenvalue weighted by Gasteiger charge is -2.39. The highest BCUT2D eigenvalue weighted by molar-refractivity contribution is 5.96. The minimum Gasteiger partial charge on any atom is -0.508 e. The molecular formula is C75H110N6O13. The molecule has 5 amide bonds. The number of carbonyl (C=O) groups is 6. The molecule has 94 heavy (non-hydrogen) atoms. The van der Waals surface area contributed by atoms with Crippen LogP contribution in [0.4, 0.5) is 0 Å². The van der Waals surface area contributed by atoms with Gasteiger partial charge in [-0.05, 0) is 97.0 Å². The number of amides is 5. The Hall–Kier alpha value is -6.74. The van der Waals surface area contributed by atoms with E-state index in [1.807, 2.05) is 44.2 Å². The number of aromatic hydroxyl groups is 1. The first-order valence-electron chi connectivity index (χ1n) is 35.2. The molecule has 0 saturated carbocycles. The SMILES string of the molecule is CCCCCCCCCCCCCCCCCCCCCCCCO[C@@H]1O[C@H](C(=O)NCCCC[C@H](NC(=O)[C@H](Cc2ccccc2)NC(=O)[C@H](Cc2ccccc2)NC(=O)[C@@H]2Cc3ccccc3CN2C(=O)[C@@H](N)Cc2c(C)cc(O)cc2C)C(=O)O)[C@@H](O)[C@H](O)[C@H]1O. The Morgan fingerprint density at radius 3 is 1.54 bits per heavy atom. The van der Waals surface area contributed by atoms with Gasteiger partial charge < -0.3 is 66.9 Å². The number of nitrogens with two attached hydrogens (primary N) is 1. The number of carboxylic acids is 1. The third kappa shape index (κ3) is 25.8. The number of aliphatic carboxylic acids is 1. The van der Waals surface area contributed by atoms with Crippen molar-refractivity contribution >= 4 is 35.5 Å². The van der Waals surface area contributed by atoms with E-state index in [4.69, 9.17) is 15.2 Å². The molecule has 518 valence electrons. The summed E-state index contributed by atoms with van der Waals surface area (Å²) in [4.78, 5) is 85.9. The largest absolute Gasteiger partial charge is 0.508 e. The van der Waals surface area contributed by atoms with Crippen LogP contribution in [0, 0.1) is 13.8 Å². The minimum atomic E-state index is -1.75. The molecule has 19 nitrogen and oxygen atoms in total. The molecule has 4 aromatic carbocycles. The van der Waals surface area contributed by atoms with Crippen molar-refractivity contribution in [3.63, 3.8) is 0 Å². The van der Waals surface area contributed by atoms with Gasteiger partial charge in [0, 0.05) is 39.0 Å². The number of aliphatic hydroxyl groups excluding tert-OH is 3. The summed E-state index contributed by atoms with van der Waals surface area (Å²) >= 11 is 0. The van der Waals surface area contributed by atoms with Crippen LogP contribution in [0.3, 0.4) is 0 Å². The Morgan fingerprint density at radius 2 is 1.03 bits per heavy atom. The fourth-order valence-corrected chi connectivity index (χ4v) is 12.9. The molecule has 0 unspecified atom stereocenters. The highest BCUT2D eigenvalue weighted by Gasteiger charge is 2.47. The number of aryl methyl sites for hydroxylation is 2. The number of aliphatic hydroxyl groups is 3. The number of phenols is 1. The van der Waals surface area contributed by atoms with Crippen molar-refractivity contribution < 1.29 is 63.8 Å². The third-order valence-electron chi connectivity index (χ3n) is 18.5. The van der Waals surface area contributed by atoms with E-state index in [1.54, 1.807) is 66.7 Å². The second-order valence-corrected chi connectivity index (χ2v) is 26.2. The lowest BCUT2D eigenvalue weighted by Crippen LogP contribution is -2.62. The van der Waals surface area contributed by atoms with Crippen molar-refractivity contribution in [3.05, 3.63) is 136 Å². The Balaban J connectivity index is 0.950. The summed E-state index contributed by atoms with van der Waals surface area (Å²) in [7, 11) is 0. The van der Waals surface area contributed by atoms with Gasteiger partial charge in [0.05, 0.1) is 6.04 Å². The highest BCUT2D eigenvalue weighted by atomic mass is 16.7. The summed E-state index contributed by atoms with van der Waals surface area (Å²) < 4.78 is 11.5. The van der Waals surface area contributed by atoms with Crippen molar-refractivity contribution in [3.8, 4) is 5.75 Å². The number of carboxylic acid groups (broad SMARTS) is 1. The molecule has 0 spiro atoms. The van der Waals surface area contributed by atoms with E-state index in [0.717, 1.165) is 47.1 Å². The number of nitrogens with zero attached hydrogens (tertiary/aromatic N) is 1. The van der Waals surface area contributed by atoms with Crippen LogP contribution in [0.25, 0.3) is 0 Å². The first-order valence-corrected chi connectivity index (χ1v) is 35.2. The Labute approximate surface area is 558 Å². The summed E-state index contributed by atoms with van der Waals surface area (Å²) in [5, 5.41) is 63.7. The number of carbonyl (C=O) groups excluding carboxylic acids is 5. The molecule has 6 rings (SSSR count). The number of hydrogen-bond donors (Lipinski definition) is 10. The van der Waals surface area contributed by atoms with E-state index in [0.29, 0.717) is 17.5 Å². The molecule has 0 aliphatic carbocycles. The van der Waals surface area contributed by atoms with Gasteiger partial charge in [-0.15, -0.1) is 0 Å². The van der Waals surface area contributed by atoms with Crippen LogP contribution in [0.15, 0.2) is 97.1 Å². The van der Waals surface area contributed by atoms with E-state index in [-0.39, 0.29) is 70.4 Å². The lowest BCUT2D eigenvalue weighted by atomic mass is 9.91. The van der Waals surface area contributed by atoms with E-state index in [2.05, 4.69) is 28.2 Å². The van der Waals surface area contributed by atoms with Crippen LogP contribution in [0.2, 0.25) is 0 Å². The van der Waals surface area contributed by atoms with Crippen LogP contribution in [-0.4, -0.2) is 140 Å². The zero-order valence-electron chi connectivity index (χ0n) is 56.2. The molecule has 2 heterocycles. The average Bonchev–Trinajstić information content (AvgIpc) is 0.798. The normalized spacial score (nSPS) is 19.1. The highest BCUT2D eigenvalue weighted by Crippen LogP contribution is 2.28. The van der Waals surface area contributed by atoms with Gasteiger partial charge in [0.25, 0.3) is 5.91 Å². The van der Waals surface area contributed by atoms with E-state index >= 15 is 0 Å². The zero-order valence-corrected chi connectivity index (χ0v) is 56.2. The second-order valence-electron chi connectivity index (χ2n) is 26.2. The number of phenolic OH excluding ortho intramolecular Hbond substituents is 1. The smallest absolute Gasteiger partial charge is 0.326 e. The summed E-state index contributed by atoms with van der Waals surface area (Å²) in [6, 6.07) is 22.3. The van der Waals surface area contributed by atoms with Crippen molar-refractivity contribution in [1.82, 2.24) is 26.2 Å². The maximum Gasteiger partial charge on any atom is 0.326 e. The number of benzene rings is 4. The topological polar surface area (TPSA) is 299 Å². The van der Waals surface area contributed by atoms with Crippen LogP contribution in [0.5, 0.6) is 5.75 Å². The van der Waals surface area contributed by atoms with E-state index < -0.39 is 96.4 Å². The van der Waals surface area contributed by atoms with Gasteiger partial charge in [0.2, 0.25) is 23.6 Å². The van der Waals surface area contributed by atoms with Crippen molar-refractivity contribution in [2.75, 3.05) is 13.2 Å². The molecule has 0 bridgehead atoms. The van der Waals surface area contributed by atoms with Crippen molar-refractivity contribution in [1.29, 1.82) is 0 Å². The van der Waals surface area contributed by atoms with Crippen LogP contribution in [-0.2, 0) is 70.5 Å². The van der Waals surface area contributed by atoms with Crippen LogP contribution < -0.4 is 27.0 Å². The summed E-state index contributed by atoms with van der Waals surface area (Å²) in [5.41, 5.74) is 12.0. The molecule has 1 saturated heterocycles. The number of nitrogens with one attached hydrogen (secondary N) is 4. The van der Waals surface area contributed by atoms with Gasteiger partial charge in [-0.2, -0.15) is 0 Å². The first kappa shape index (κ1) is 76.3. The fraction of sp³-hybridized carbons (Fsp3) is 0.600. The number of rotatable bonds is 44. The van der Waals surface area contributed by atoms with Gasteiger partial charge in [-0.25, -0.2) is 4.79 Å². The summed E-state index contributed by atoms with van der Waals surface area (Å²) in [6.45, 7) is 6.25. The number of unbranched alkanes of at least 4 members (excludes halogenated alkanes) is 22. The predicted molar refractivity (Wildman–Crippen MR) is 364 cm³/mol. The van der Waals surface area contributed by atoms with Gasteiger partial charge in [-0.3, -0.25) is 24.0 Å². The van der Waals surface area contributed by atoms with E-state index in [1.165, 1.54) is 120 Å². The lowest BCUT2D eigenvalue weighted by molar-refractivity contribution is -0.290. The van der Waals surface area contributed by atoms with Gasteiger partial charge in [0.1, 0.15) is 48.2 Å². The van der Waals surface area contributed by atoms with Crippen LogP contribution >= 0.6 is 0 Å². The average molecular weight is 1300 g/mol. The van der Waals surface area contributed by atoms with Crippen molar-refractivity contribution in [2.24, 2.45) is 5.73 Å². The fourth-order valence-electron chi connectivity index (χ4n) is 12.9. The van der Waals surface area contributed by atoms with Crippen molar-refractivity contribution in [2.45, 2.75) is 274 Å². The molecule has 0 radical (unpaired) electrons. The maximum atomic E-state index is 14.8. The van der Waals surface area contributed by atoms with Crippen LogP contribution in [0.1, 0.15) is 206 Å². The Morgan fingerprint density at radius 1 is 0.564 bits per heavy atom. The predicted octanol–water partition coefficient (Wildman–Crippen LogP) is 9.57. The molecule has 0 aromatic heterocycles. The van der Waals surface area contributed by atoms with Gasteiger partial charge in [-0.1, -0.05) is 227 Å².